The summed E-state index contributed by atoms with van der Waals surface area (Å²) in [5, 5.41) is 5.47. The Kier molecular flexibility index (Phi) is 4.55. The SMILES string of the molecule is COc1ccc(CNC2CCC(=O)NC2=O)cc1Br. The van der Waals surface area contributed by atoms with Crippen molar-refractivity contribution in [3.05, 3.63) is 28.2 Å². The van der Waals surface area contributed by atoms with Gasteiger partial charge in [-0.15, -0.1) is 0 Å². The molecule has 2 N–H and O–H groups in total. The van der Waals surface area contributed by atoms with Crippen LogP contribution < -0.4 is 15.4 Å². The maximum absolute atomic E-state index is 11.6. The molecule has 0 spiro atoms. The summed E-state index contributed by atoms with van der Waals surface area (Å²) in [5.41, 5.74) is 1.04. The Hall–Kier alpha value is -1.40. The molecule has 0 aromatic heterocycles. The lowest BCUT2D eigenvalue weighted by Gasteiger charge is -2.22. The summed E-state index contributed by atoms with van der Waals surface area (Å²) in [5.74, 6) is 0.323. The topological polar surface area (TPSA) is 67.4 Å². The van der Waals surface area contributed by atoms with E-state index in [9.17, 15) is 9.59 Å². The van der Waals surface area contributed by atoms with Gasteiger partial charge in [-0.25, -0.2) is 0 Å². The van der Waals surface area contributed by atoms with Crippen LogP contribution in [0.15, 0.2) is 22.7 Å². The zero-order valence-electron chi connectivity index (χ0n) is 10.5. The van der Waals surface area contributed by atoms with Crippen molar-refractivity contribution in [3.8, 4) is 5.75 Å². The van der Waals surface area contributed by atoms with Crippen LogP contribution in [-0.2, 0) is 16.1 Å². The third-order valence-corrected chi connectivity index (χ3v) is 3.63. The van der Waals surface area contributed by atoms with Crippen LogP contribution >= 0.6 is 15.9 Å². The van der Waals surface area contributed by atoms with E-state index >= 15 is 0 Å². The van der Waals surface area contributed by atoms with Crippen molar-refractivity contribution in [1.29, 1.82) is 0 Å². The van der Waals surface area contributed by atoms with Crippen molar-refractivity contribution in [2.45, 2.75) is 25.4 Å². The quantitative estimate of drug-likeness (QED) is 0.820. The molecule has 2 rings (SSSR count). The zero-order chi connectivity index (χ0) is 13.8. The molecule has 1 atom stereocenters. The van der Waals surface area contributed by atoms with Gasteiger partial charge in [0.05, 0.1) is 17.6 Å². The van der Waals surface area contributed by atoms with Gasteiger partial charge in [0, 0.05) is 13.0 Å². The van der Waals surface area contributed by atoms with Crippen molar-refractivity contribution in [3.63, 3.8) is 0 Å². The summed E-state index contributed by atoms with van der Waals surface area (Å²) in [7, 11) is 1.61. The molecular formula is C13H15BrN2O3. The Bertz CT molecular complexity index is 505. The maximum Gasteiger partial charge on any atom is 0.243 e. The van der Waals surface area contributed by atoms with Crippen LogP contribution in [0.1, 0.15) is 18.4 Å². The van der Waals surface area contributed by atoms with Crippen LogP contribution in [0.5, 0.6) is 5.75 Å². The van der Waals surface area contributed by atoms with E-state index in [0.717, 1.165) is 15.8 Å². The largest absolute Gasteiger partial charge is 0.496 e. The van der Waals surface area contributed by atoms with Crippen molar-refractivity contribution in [2.75, 3.05) is 7.11 Å². The van der Waals surface area contributed by atoms with Crippen molar-refractivity contribution < 1.29 is 14.3 Å². The smallest absolute Gasteiger partial charge is 0.243 e. The van der Waals surface area contributed by atoms with Gasteiger partial charge in [0.1, 0.15) is 5.75 Å². The minimum atomic E-state index is -0.307. The number of nitrogens with one attached hydrogen (secondary N) is 2. The van der Waals surface area contributed by atoms with Crippen LogP contribution in [0.4, 0.5) is 0 Å². The number of carbonyl (C=O) groups excluding carboxylic acids is 2. The predicted molar refractivity (Wildman–Crippen MR) is 73.7 cm³/mol. The van der Waals surface area contributed by atoms with Gasteiger partial charge in [-0.3, -0.25) is 14.9 Å². The highest BCUT2D eigenvalue weighted by molar-refractivity contribution is 9.10. The highest BCUT2D eigenvalue weighted by atomic mass is 79.9. The molecule has 1 aliphatic rings. The van der Waals surface area contributed by atoms with Gasteiger partial charge < -0.3 is 10.1 Å². The molecule has 1 heterocycles. The Morgan fingerprint density at radius 3 is 2.89 bits per heavy atom. The van der Waals surface area contributed by atoms with Gasteiger partial charge in [0.15, 0.2) is 0 Å². The third kappa shape index (κ3) is 3.54. The summed E-state index contributed by atoms with van der Waals surface area (Å²) in [6, 6.07) is 5.43. The van der Waals surface area contributed by atoms with Crippen LogP contribution in [0.25, 0.3) is 0 Å². The lowest BCUT2D eigenvalue weighted by molar-refractivity contribution is -0.134. The lowest BCUT2D eigenvalue weighted by atomic mass is 10.1. The van der Waals surface area contributed by atoms with E-state index in [1.54, 1.807) is 7.11 Å². The fourth-order valence-corrected chi connectivity index (χ4v) is 2.54. The molecule has 0 aliphatic carbocycles. The average Bonchev–Trinajstić information content (AvgIpc) is 2.38. The first kappa shape index (κ1) is 14.0. The first-order valence-electron chi connectivity index (χ1n) is 5.99. The molecule has 1 fully saturated rings. The second kappa shape index (κ2) is 6.16. The normalized spacial score (nSPS) is 19.2. The Morgan fingerprint density at radius 1 is 1.47 bits per heavy atom. The fraction of sp³-hybridized carbons (Fsp3) is 0.385. The number of benzene rings is 1. The van der Waals surface area contributed by atoms with Gasteiger partial charge in [-0.1, -0.05) is 6.07 Å². The molecule has 6 heteroatoms. The monoisotopic (exact) mass is 326 g/mol. The minimum absolute atomic E-state index is 0.199. The molecule has 102 valence electrons. The summed E-state index contributed by atoms with van der Waals surface area (Å²) in [6.45, 7) is 0.564. The second-order valence-electron chi connectivity index (χ2n) is 4.35. The highest BCUT2D eigenvalue weighted by Crippen LogP contribution is 2.25. The number of hydrogen-bond acceptors (Lipinski definition) is 4. The molecule has 1 unspecified atom stereocenters. The van der Waals surface area contributed by atoms with Crippen LogP contribution in [0, 0.1) is 0 Å². The Labute approximate surface area is 119 Å². The van der Waals surface area contributed by atoms with Crippen LogP contribution in [0.2, 0.25) is 0 Å². The lowest BCUT2D eigenvalue weighted by Crippen LogP contribution is -2.50. The molecule has 19 heavy (non-hydrogen) atoms. The van der Waals surface area contributed by atoms with Crippen molar-refractivity contribution in [2.24, 2.45) is 0 Å². The molecular weight excluding hydrogens is 312 g/mol. The second-order valence-corrected chi connectivity index (χ2v) is 5.21. The zero-order valence-corrected chi connectivity index (χ0v) is 12.1. The number of carbonyl (C=O) groups is 2. The number of amides is 2. The number of methoxy groups -OCH3 is 1. The van der Waals surface area contributed by atoms with E-state index in [-0.39, 0.29) is 17.9 Å². The first-order valence-corrected chi connectivity index (χ1v) is 6.79. The van der Waals surface area contributed by atoms with Gasteiger partial charge in [-0.05, 0) is 40.0 Å². The summed E-state index contributed by atoms with van der Waals surface area (Å²) in [4.78, 5) is 22.6. The maximum atomic E-state index is 11.6. The van der Waals surface area contributed by atoms with Gasteiger partial charge in [-0.2, -0.15) is 0 Å². The number of imide groups is 1. The van der Waals surface area contributed by atoms with Gasteiger partial charge in [0.2, 0.25) is 11.8 Å². The van der Waals surface area contributed by atoms with E-state index in [2.05, 4.69) is 26.6 Å². The standard InChI is InChI=1S/C13H15BrN2O3/c1-19-11-4-2-8(6-9(11)14)7-15-10-3-5-12(17)16-13(10)18/h2,4,6,10,15H,3,5,7H2,1H3,(H,16,17,18). The predicted octanol–water partition coefficient (Wildman–Crippen LogP) is 1.35. The summed E-state index contributed by atoms with van der Waals surface area (Å²) in [6.07, 6.45) is 0.928. The van der Waals surface area contributed by atoms with E-state index < -0.39 is 0 Å². The molecule has 5 nitrogen and oxygen atoms in total. The van der Waals surface area contributed by atoms with Gasteiger partial charge in [0.25, 0.3) is 0 Å². The fourth-order valence-electron chi connectivity index (χ4n) is 1.95. The number of piperidine rings is 1. The van der Waals surface area contributed by atoms with Crippen LogP contribution in [0.3, 0.4) is 0 Å². The molecule has 1 aromatic carbocycles. The summed E-state index contributed by atoms with van der Waals surface area (Å²) >= 11 is 3.42. The van der Waals surface area contributed by atoms with Gasteiger partial charge >= 0.3 is 0 Å². The molecule has 1 aromatic rings. The Morgan fingerprint density at radius 2 is 2.26 bits per heavy atom. The molecule has 1 aliphatic heterocycles. The molecule has 0 saturated carbocycles. The van der Waals surface area contributed by atoms with Crippen molar-refractivity contribution >= 4 is 27.7 Å². The molecule has 1 saturated heterocycles. The third-order valence-electron chi connectivity index (χ3n) is 3.01. The molecule has 0 bridgehead atoms. The van der Waals surface area contributed by atoms with Crippen LogP contribution in [-0.4, -0.2) is 25.0 Å². The Balaban J connectivity index is 1.93. The summed E-state index contributed by atoms with van der Waals surface area (Å²) < 4.78 is 6.03. The van der Waals surface area contributed by atoms with E-state index in [4.69, 9.17) is 4.74 Å². The minimum Gasteiger partial charge on any atom is -0.496 e. The number of halogens is 1. The van der Waals surface area contributed by atoms with E-state index in [0.29, 0.717) is 19.4 Å². The average molecular weight is 327 g/mol. The molecule has 0 radical (unpaired) electrons. The molecule has 2 amide bonds. The highest BCUT2D eigenvalue weighted by Gasteiger charge is 2.25. The van der Waals surface area contributed by atoms with E-state index in [1.165, 1.54) is 0 Å². The van der Waals surface area contributed by atoms with Crippen molar-refractivity contribution in [1.82, 2.24) is 10.6 Å². The number of rotatable bonds is 4. The number of hydrogen-bond donors (Lipinski definition) is 2. The van der Waals surface area contributed by atoms with E-state index in [1.807, 2.05) is 18.2 Å². The first-order chi connectivity index (χ1) is 9.10. The number of ether oxygens (including phenoxy) is 1.